The summed E-state index contributed by atoms with van der Waals surface area (Å²) >= 11 is 0. The van der Waals surface area contributed by atoms with Crippen LogP contribution < -0.4 is 0 Å². The van der Waals surface area contributed by atoms with Crippen LogP contribution in [0.4, 0.5) is 0 Å². The molecule has 0 unspecified atom stereocenters. The molecule has 0 aromatic heterocycles. The van der Waals surface area contributed by atoms with Gasteiger partial charge in [0.2, 0.25) is 0 Å². The Morgan fingerprint density at radius 2 is 1.88 bits per heavy atom. The molecular formula is C15H26O2. The van der Waals surface area contributed by atoms with Gasteiger partial charge in [-0.3, -0.25) is 0 Å². The molecule has 17 heavy (non-hydrogen) atoms. The summed E-state index contributed by atoms with van der Waals surface area (Å²) in [5, 5.41) is 19.9. The van der Waals surface area contributed by atoms with Crippen molar-refractivity contribution in [3.8, 4) is 0 Å². The lowest BCUT2D eigenvalue weighted by atomic mass is 9.50. The van der Waals surface area contributed by atoms with Gasteiger partial charge in [-0.15, -0.1) is 0 Å². The molecule has 2 aliphatic carbocycles. The second-order valence-corrected chi connectivity index (χ2v) is 6.88. The summed E-state index contributed by atoms with van der Waals surface area (Å²) in [5.41, 5.74) is 2.49. The third-order valence-electron chi connectivity index (χ3n) is 5.51. The summed E-state index contributed by atoms with van der Waals surface area (Å²) in [6, 6.07) is 0. The van der Waals surface area contributed by atoms with Crippen molar-refractivity contribution in [2.24, 2.45) is 16.7 Å². The van der Waals surface area contributed by atoms with E-state index in [9.17, 15) is 10.2 Å². The van der Waals surface area contributed by atoms with Crippen molar-refractivity contribution in [2.45, 2.75) is 59.5 Å². The molecule has 2 rings (SSSR count). The average Bonchev–Trinajstić information content (AvgIpc) is 2.22. The Morgan fingerprint density at radius 1 is 1.24 bits per heavy atom. The largest absolute Gasteiger partial charge is 0.392 e. The Morgan fingerprint density at radius 3 is 2.47 bits per heavy atom. The van der Waals surface area contributed by atoms with Crippen LogP contribution in [0.2, 0.25) is 0 Å². The van der Waals surface area contributed by atoms with Crippen LogP contribution in [0.25, 0.3) is 0 Å². The molecule has 3 atom stereocenters. The van der Waals surface area contributed by atoms with Gasteiger partial charge in [-0.1, -0.05) is 27.2 Å². The van der Waals surface area contributed by atoms with Crippen molar-refractivity contribution < 1.29 is 10.2 Å². The highest BCUT2D eigenvalue weighted by Gasteiger charge is 2.51. The van der Waals surface area contributed by atoms with E-state index in [1.807, 2.05) is 6.92 Å². The van der Waals surface area contributed by atoms with E-state index in [-0.39, 0.29) is 23.5 Å². The number of rotatable bonds is 1. The highest BCUT2D eigenvalue weighted by molar-refractivity contribution is 5.30. The number of fused-ring (bicyclic) bond motifs is 1. The first-order chi connectivity index (χ1) is 7.83. The highest BCUT2D eigenvalue weighted by Crippen LogP contribution is 2.59. The fourth-order valence-electron chi connectivity index (χ4n) is 4.42. The number of hydrogen-bond acceptors (Lipinski definition) is 2. The molecule has 0 heterocycles. The minimum absolute atomic E-state index is 0.0970. The lowest BCUT2D eigenvalue weighted by Gasteiger charge is -2.55. The van der Waals surface area contributed by atoms with Gasteiger partial charge in [0.25, 0.3) is 0 Å². The molecule has 0 spiro atoms. The van der Waals surface area contributed by atoms with Gasteiger partial charge in [-0.05, 0) is 54.1 Å². The summed E-state index contributed by atoms with van der Waals surface area (Å²) in [6.45, 7) is 9.01. The third kappa shape index (κ3) is 1.86. The van der Waals surface area contributed by atoms with Gasteiger partial charge >= 0.3 is 0 Å². The lowest BCUT2D eigenvalue weighted by molar-refractivity contribution is -0.0245. The first-order valence-electron chi connectivity index (χ1n) is 6.82. The van der Waals surface area contributed by atoms with E-state index in [0.29, 0.717) is 5.92 Å². The number of hydrogen-bond donors (Lipinski definition) is 2. The predicted octanol–water partition coefficient (Wildman–Crippen LogP) is 2.89. The molecule has 2 heteroatoms. The summed E-state index contributed by atoms with van der Waals surface area (Å²) in [5.74, 6) is 0.490. The van der Waals surface area contributed by atoms with Gasteiger partial charge < -0.3 is 10.2 Å². The fraction of sp³-hybridized carbons (Fsp3) is 0.867. The second kappa shape index (κ2) is 4.10. The van der Waals surface area contributed by atoms with E-state index in [0.717, 1.165) is 24.0 Å². The van der Waals surface area contributed by atoms with Crippen LogP contribution in [0.5, 0.6) is 0 Å². The van der Waals surface area contributed by atoms with Crippen LogP contribution in [0.1, 0.15) is 53.4 Å². The van der Waals surface area contributed by atoms with E-state index in [4.69, 9.17) is 0 Å². The van der Waals surface area contributed by atoms with Crippen molar-refractivity contribution in [3.63, 3.8) is 0 Å². The first kappa shape index (κ1) is 13.1. The van der Waals surface area contributed by atoms with Crippen LogP contribution in [0.3, 0.4) is 0 Å². The van der Waals surface area contributed by atoms with Gasteiger partial charge in [-0.25, -0.2) is 0 Å². The molecule has 0 saturated heterocycles. The molecule has 0 bridgehead atoms. The van der Waals surface area contributed by atoms with Crippen LogP contribution in [-0.2, 0) is 0 Å². The minimum Gasteiger partial charge on any atom is -0.392 e. The molecule has 2 N–H and O–H groups in total. The van der Waals surface area contributed by atoms with Crippen molar-refractivity contribution in [2.75, 3.05) is 6.61 Å². The summed E-state index contributed by atoms with van der Waals surface area (Å²) in [7, 11) is 0. The second-order valence-electron chi connectivity index (χ2n) is 6.88. The van der Waals surface area contributed by atoms with Gasteiger partial charge in [0, 0.05) is 0 Å². The van der Waals surface area contributed by atoms with E-state index < -0.39 is 0 Å². The maximum atomic E-state index is 10.2. The Kier molecular flexibility index (Phi) is 3.16. The molecule has 0 aromatic carbocycles. The molecule has 1 saturated carbocycles. The lowest BCUT2D eigenvalue weighted by Crippen LogP contribution is -2.49. The predicted molar refractivity (Wildman–Crippen MR) is 69.6 cm³/mol. The van der Waals surface area contributed by atoms with Crippen LogP contribution in [0.15, 0.2) is 11.1 Å². The SMILES string of the molecule is CC1=C(CO)[C@@]2(C)CCCC(C)(C)[C@@H]2C[C@H]1O. The molecule has 98 valence electrons. The van der Waals surface area contributed by atoms with Crippen molar-refractivity contribution >= 4 is 0 Å². The number of aliphatic hydroxyl groups excluding tert-OH is 2. The zero-order chi connectivity index (χ0) is 12.8. The quantitative estimate of drug-likeness (QED) is 0.690. The molecule has 0 aromatic rings. The van der Waals surface area contributed by atoms with Crippen molar-refractivity contribution in [1.29, 1.82) is 0 Å². The van der Waals surface area contributed by atoms with E-state index in [2.05, 4.69) is 20.8 Å². The summed E-state index contributed by atoms with van der Waals surface area (Å²) < 4.78 is 0. The molecule has 0 aliphatic heterocycles. The van der Waals surface area contributed by atoms with Crippen LogP contribution >= 0.6 is 0 Å². The molecule has 2 nitrogen and oxygen atoms in total. The summed E-state index contributed by atoms with van der Waals surface area (Å²) in [6.07, 6.45) is 4.12. The Hall–Kier alpha value is -0.340. The van der Waals surface area contributed by atoms with E-state index in [1.165, 1.54) is 12.8 Å². The minimum atomic E-state index is -0.354. The topological polar surface area (TPSA) is 40.5 Å². The van der Waals surface area contributed by atoms with Crippen molar-refractivity contribution in [3.05, 3.63) is 11.1 Å². The highest BCUT2D eigenvalue weighted by atomic mass is 16.3. The normalized spacial score (nSPS) is 41.3. The van der Waals surface area contributed by atoms with Crippen LogP contribution in [0, 0.1) is 16.7 Å². The standard InChI is InChI=1S/C15H26O2/c1-10-11(9-16)15(4)7-5-6-14(2,3)13(15)8-12(10)17/h12-13,16-17H,5-9H2,1-4H3/t12-,13+,15-/m1/s1. The zero-order valence-electron chi connectivity index (χ0n) is 11.6. The van der Waals surface area contributed by atoms with Gasteiger partial charge in [0.15, 0.2) is 0 Å². The van der Waals surface area contributed by atoms with E-state index in [1.54, 1.807) is 0 Å². The Bertz CT molecular complexity index is 343. The Labute approximate surface area is 105 Å². The molecule has 0 radical (unpaired) electrons. The first-order valence-corrected chi connectivity index (χ1v) is 6.82. The molecule has 0 amide bonds. The van der Waals surface area contributed by atoms with Crippen molar-refractivity contribution in [1.82, 2.24) is 0 Å². The maximum absolute atomic E-state index is 10.2. The zero-order valence-corrected chi connectivity index (χ0v) is 11.6. The summed E-state index contributed by atoms with van der Waals surface area (Å²) in [4.78, 5) is 0. The van der Waals surface area contributed by atoms with Crippen LogP contribution in [-0.4, -0.2) is 22.9 Å². The van der Waals surface area contributed by atoms with Gasteiger partial charge in [0.05, 0.1) is 12.7 Å². The van der Waals surface area contributed by atoms with Gasteiger partial charge in [-0.2, -0.15) is 0 Å². The average molecular weight is 238 g/mol. The smallest absolute Gasteiger partial charge is 0.0754 e. The molecule has 2 aliphatic rings. The third-order valence-corrected chi connectivity index (χ3v) is 5.51. The maximum Gasteiger partial charge on any atom is 0.0754 e. The molecule has 1 fully saturated rings. The Balaban J connectivity index is 2.48. The number of aliphatic hydroxyl groups is 2. The van der Waals surface area contributed by atoms with Gasteiger partial charge in [0.1, 0.15) is 0 Å². The van der Waals surface area contributed by atoms with E-state index >= 15 is 0 Å². The fourth-order valence-corrected chi connectivity index (χ4v) is 4.42. The molecular weight excluding hydrogens is 212 g/mol. The monoisotopic (exact) mass is 238 g/mol.